The van der Waals surface area contributed by atoms with E-state index in [9.17, 15) is 0 Å². The largest absolute Gasteiger partial charge is 0.317 e. The number of rotatable bonds is 4. The molecule has 2 heteroatoms. The van der Waals surface area contributed by atoms with Gasteiger partial charge in [-0.1, -0.05) is 30.3 Å². The first-order chi connectivity index (χ1) is 8.22. The van der Waals surface area contributed by atoms with Gasteiger partial charge in [0.1, 0.15) is 0 Å². The van der Waals surface area contributed by atoms with Crippen LogP contribution in [0.25, 0.3) is 0 Å². The van der Waals surface area contributed by atoms with E-state index in [0.29, 0.717) is 12.1 Å². The van der Waals surface area contributed by atoms with Crippen molar-refractivity contribution in [3.05, 3.63) is 35.9 Å². The fourth-order valence-corrected chi connectivity index (χ4v) is 2.75. The van der Waals surface area contributed by atoms with Gasteiger partial charge in [-0.3, -0.25) is 4.90 Å². The van der Waals surface area contributed by atoms with E-state index in [2.05, 4.69) is 61.4 Å². The Bertz CT molecular complexity index is 336. The van der Waals surface area contributed by atoms with Crippen LogP contribution < -0.4 is 5.32 Å². The quantitative estimate of drug-likeness (QED) is 0.858. The lowest BCUT2D eigenvalue weighted by Gasteiger charge is -2.26. The predicted octanol–water partition coefficient (Wildman–Crippen LogP) is 2.68. The predicted molar refractivity (Wildman–Crippen MR) is 73.1 cm³/mol. The third kappa shape index (κ3) is 2.88. The minimum atomic E-state index is 0.547. The molecule has 0 unspecified atom stereocenters. The lowest BCUT2D eigenvalue weighted by atomic mass is 10.0. The van der Waals surface area contributed by atoms with Gasteiger partial charge in [0.15, 0.2) is 0 Å². The van der Waals surface area contributed by atoms with E-state index in [1.165, 1.54) is 25.1 Å². The van der Waals surface area contributed by atoms with Crippen LogP contribution in [0.3, 0.4) is 0 Å². The van der Waals surface area contributed by atoms with Gasteiger partial charge in [0, 0.05) is 18.6 Å². The first-order valence-corrected chi connectivity index (χ1v) is 6.68. The van der Waals surface area contributed by atoms with Crippen LogP contribution in [0.15, 0.2) is 30.3 Å². The maximum atomic E-state index is 3.38. The molecule has 0 radical (unpaired) electrons. The van der Waals surface area contributed by atoms with Crippen molar-refractivity contribution in [3.8, 4) is 0 Å². The molecule has 2 nitrogen and oxygen atoms in total. The Hall–Kier alpha value is -0.860. The summed E-state index contributed by atoms with van der Waals surface area (Å²) in [6.07, 6.45) is 1.32. The van der Waals surface area contributed by atoms with Crippen molar-refractivity contribution in [1.82, 2.24) is 10.2 Å². The first-order valence-electron chi connectivity index (χ1n) is 6.68. The number of nitrogens with zero attached hydrogens (tertiary/aromatic N) is 1. The molecule has 0 aromatic heterocycles. The molecule has 0 bridgehead atoms. The maximum absolute atomic E-state index is 3.38. The SMILES string of the molecule is CN[C@@H](C)[C@H]1CCN([C@@H](C)c2ccccc2)C1. The molecule has 1 saturated heterocycles. The number of likely N-dealkylation sites (tertiary alicyclic amines) is 1. The summed E-state index contributed by atoms with van der Waals surface area (Å²) in [4.78, 5) is 2.60. The van der Waals surface area contributed by atoms with Gasteiger partial charge in [0.05, 0.1) is 0 Å². The minimum Gasteiger partial charge on any atom is -0.317 e. The van der Waals surface area contributed by atoms with Crippen molar-refractivity contribution >= 4 is 0 Å². The standard InChI is InChI=1S/C15H24N2/c1-12(16-3)15-9-10-17(11-15)13(2)14-7-5-4-6-8-14/h4-8,12-13,15-16H,9-11H2,1-3H3/t12-,13-,15-/m0/s1. The van der Waals surface area contributed by atoms with Crippen molar-refractivity contribution in [2.24, 2.45) is 5.92 Å². The van der Waals surface area contributed by atoms with Gasteiger partial charge in [-0.25, -0.2) is 0 Å². The molecule has 94 valence electrons. The molecule has 1 aromatic rings. The molecule has 1 aromatic carbocycles. The highest BCUT2D eigenvalue weighted by Crippen LogP contribution is 2.28. The van der Waals surface area contributed by atoms with Gasteiger partial charge < -0.3 is 5.32 Å². The van der Waals surface area contributed by atoms with Gasteiger partial charge in [0.2, 0.25) is 0 Å². The van der Waals surface area contributed by atoms with Crippen LogP contribution >= 0.6 is 0 Å². The summed E-state index contributed by atoms with van der Waals surface area (Å²) in [5, 5.41) is 3.38. The van der Waals surface area contributed by atoms with E-state index >= 15 is 0 Å². The molecule has 0 spiro atoms. The summed E-state index contributed by atoms with van der Waals surface area (Å²) in [5.41, 5.74) is 1.44. The summed E-state index contributed by atoms with van der Waals surface area (Å²) in [6, 6.07) is 12.0. The molecule has 1 heterocycles. The molecule has 2 rings (SSSR count). The van der Waals surface area contributed by atoms with E-state index in [-0.39, 0.29) is 0 Å². The fourth-order valence-electron chi connectivity index (χ4n) is 2.75. The monoisotopic (exact) mass is 232 g/mol. The molecule has 0 amide bonds. The molecule has 1 fully saturated rings. The zero-order valence-electron chi connectivity index (χ0n) is 11.2. The number of benzene rings is 1. The molecule has 3 atom stereocenters. The smallest absolute Gasteiger partial charge is 0.0320 e. The molecular formula is C15H24N2. The lowest BCUT2D eigenvalue weighted by molar-refractivity contribution is 0.244. The van der Waals surface area contributed by atoms with Crippen LogP contribution in [0.4, 0.5) is 0 Å². The van der Waals surface area contributed by atoms with Crippen LogP contribution in [-0.2, 0) is 0 Å². The molecular weight excluding hydrogens is 208 g/mol. The molecule has 1 aliphatic rings. The van der Waals surface area contributed by atoms with Gasteiger partial charge in [-0.05, 0) is 45.3 Å². The molecule has 0 aliphatic carbocycles. The average molecular weight is 232 g/mol. The second-order valence-electron chi connectivity index (χ2n) is 5.21. The number of hydrogen-bond donors (Lipinski definition) is 1. The summed E-state index contributed by atoms with van der Waals surface area (Å²) in [7, 11) is 2.06. The highest BCUT2D eigenvalue weighted by atomic mass is 15.2. The van der Waals surface area contributed by atoms with Crippen LogP contribution in [0, 0.1) is 5.92 Å². The van der Waals surface area contributed by atoms with Gasteiger partial charge >= 0.3 is 0 Å². The van der Waals surface area contributed by atoms with Crippen LogP contribution in [0.5, 0.6) is 0 Å². The normalized spacial score (nSPS) is 24.8. The Labute approximate surface area is 105 Å². The van der Waals surface area contributed by atoms with E-state index < -0.39 is 0 Å². The van der Waals surface area contributed by atoms with Gasteiger partial charge in [0.25, 0.3) is 0 Å². The highest BCUT2D eigenvalue weighted by molar-refractivity contribution is 5.18. The summed E-state index contributed by atoms with van der Waals surface area (Å²) >= 11 is 0. The number of nitrogens with one attached hydrogen (secondary N) is 1. The van der Waals surface area contributed by atoms with Crippen molar-refractivity contribution in [1.29, 1.82) is 0 Å². The lowest BCUT2D eigenvalue weighted by Crippen LogP contribution is -2.33. The van der Waals surface area contributed by atoms with Gasteiger partial charge in [-0.2, -0.15) is 0 Å². The molecule has 17 heavy (non-hydrogen) atoms. The maximum Gasteiger partial charge on any atom is 0.0320 e. The average Bonchev–Trinajstić information content (AvgIpc) is 2.87. The number of hydrogen-bond acceptors (Lipinski definition) is 2. The second kappa shape index (κ2) is 5.65. The summed E-state index contributed by atoms with van der Waals surface area (Å²) < 4.78 is 0. The third-order valence-corrected chi connectivity index (χ3v) is 4.25. The van der Waals surface area contributed by atoms with Crippen LogP contribution in [-0.4, -0.2) is 31.1 Å². The van der Waals surface area contributed by atoms with Crippen molar-refractivity contribution in [2.45, 2.75) is 32.4 Å². The molecule has 1 aliphatic heterocycles. The molecule has 0 saturated carbocycles. The minimum absolute atomic E-state index is 0.547. The van der Waals surface area contributed by atoms with Crippen molar-refractivity contribution < 1.29 is 0 Å². The third-order valence-electron chi connectivity index (χ3n) is 4.25. The topological polar surface area (TPSA) is 15.3 Å². The Kier molecular flexibility index (Phi) is 4.19. The van der Waals surface area contributed by atoms with Gasteiger partial charge in [-0.15, -0.1) is 0 Å². The zero-order chi connectivity index (χ0) is 12.3. The molecule has 1 N–H and O–H groups in total. The first kappa shape index (κ1) is 12.6. The van der Waals surface area contributed by atoms with E-state index in [1.807, 2.05) is 0 Å². The highest BCUT2D eigenvalue weighted by Gasteiger charge is 2.29. The zero-order valence-corrected chi connectivity index (χ0v) is 11.2. The summed E-state index contributed by atoms with van der Waals surface area (Å²) in [5.74, 6) is 0.797. The summed E-state index contributed by atoms with van der Waals surface area (Å²) in [6.45, 7) is 7.06. The van der Waals surface area contributed by atoms with Crippen LogP contribution in [0.1, 0.15) is 31.9 Å². The second-order valence-corrected chi connectivity index (χ2v) is 5.21. The van der Waals surface area contributed by atoms with E-state index in [1.54, 1.807) is 0 Å². The van der Waals surface area contributed by atoms with E-state index in [4.69, 9.17) is 0 Å². The Morgan fingerprint density at radius 2 is 1.94 bits per heavy atom. The van der Waals surface area contributed by atoms with Crippen molar-refractivity contribution in [3.63, 3.8) is 0 Å². The van der Waals surface area contributed by atoms with E-state index in [0.717, 1.165) is 5.92 Å². The van der Waals surface area contributed by atoms with Crippen molar-refractivity contribution in [2.75, 3.05) is 20.1 Å². The fraction of sp³-hybridized carbons (Fsp3) is 0.600. The Morgan fingerprint density at radius 1 is 1.24 bits per heavy atom. The van der Waals surface area contributed by atoms with Crippen LogP contribution in [0.2, 0.25) is 0 Å². The Morgan fingerprint density at radius 3 is 2.59 bits per heavy atom. The Balaban J connectivity index is 1.97.